The van der Waals surface area contributed by atoms with Crippen molar-refractivity contribution in [1.29, 1.82) is 0 Å². The molecule has 1 heterocycles. The summed E-state index contributed by atoms with van der Waals surface area (Å²) in [6.07, 6.45) is 0. The summed E-state index contributed by atoms with van der Waals surface area (Å²) in [6.45, 7) is 0. The number of fused-ring (bicyclic) bond motifs is 2. The zero-order valence-corrected chi connectivity index (χ0v) is 14.1. The Labute approximate surface area is 151 Å². The molecule has 0 atom stereocenters. The lowest BCUT2D eigenvalue weighted by Crippen LogP contribution is -2.10. The summed E-state index contributed by atoms with van der Waals surface area (Å²) < 4.78 is 12.7. The van der Waals surface area contributed by atoms with E-state index in [9.17, 15) is 0 Å². The Kier molecular flexibility index (Phi) is 3.46. The first kappa shape index (κ1) is 14.8. The first-order valence-electron chi connectivity index (χ1n) is 8.62. The molecule has 26 heavy (non-hydrogen) atoms. The highest BCUT2D eigenvalue weighted by molar-refractivity contribution is 5.92. The fourth-order valence-electron chi connectivity index (χ4n) is 3.23. The molecule has 4 aromatic carbocycles. The summed E-state index contributed by atoms with van der Waals surface area (Å²) in [5.74, 6) is 2.95. The topological polar surface area (TPSA) is 18.5 Å². The zero-order chi connectivity index (χ0) is 17.3. The van der Waals surface area contributed by atoms with Crippen molar-refractivity contribution in [2.24, 2.45) is 0 Å². The van der Waals surface area contributed by atoms with Gasteiger partial charge in [-0.1, -0.05) is 84.9 Å². The minimum atomic E-state index is 0.736. The maximum Gasteiger partial charge on any atom is 0.177 e. The van der Waals surface area contributed by atoms with E-state index < -0.39 is 0 Å². The highest BCUT2D eigenvalue weighted by Crippen LogP contribution is 2.43. The van der Waals surface area contributed by atoms with Crippen molar-refractivity contribution >= 4 is 22.3 Å². The number of benzene rings is 4. The van der Waals surface area contributed by atoms with Gasteiger partial charge in [-0.3, -0.25) is 0 Å². The lowest BCUT2D eigenvalue weighted by molar-refractivity contribution is 0.407. The average Bonchev–Trinajstić information content (AvgIpc) is 2.72. The summed E-state index contributed by atoms with van der Waals surface area (Å²) in [7, 11) is 0. The number of hydrogen-bond donors (Lipinski definition) is 0. The number of ether oxygens (including phenoxy) is 2. The molecular weight excluding hydrogens is 320 g/mol. The van der Waals surface area contributed by atoms with Crippen LogP contribution in [0.4, 0.5) is 0 Å². The molecule has 0 bridgehead atoms. The van der Waals surface area contributed by atoms with Gasteiger partial charge in [0.05, 0.1) is 0 Å². The minimum absolute atomic E-state index is 0.736. The lowest BCUT2D eigenvalue weighted by atomic mass is 10.1. The zero-order valence-electron chi connectivity index (χ0n) is 14.1. The van der Waals surface area contributed by atoms with E-state index in [1.807, 2.05) is 84.9 Å². The molecule has 0 saturated heterocycles. The quantitative estimate of drug-likeness (QED) is 0.438. The molecule has 4 aromatic rings. The van der Waals surface area contributed by atoms with Gasteiger partial charge in [-0.2, -0.15) is 0 Å². The van der Waals surface area contributed by atoms with Crippen molar-refractivity contribution in [2.75, 3.05) is 0 Å². The van der Waals surface area contributed by atoms with E-state index in [1.165, 1.54) is 0 Å². The predicted molar refractivity (Wildman–Crippen MR) is 105 cm³/mol. The van der Waals surface area contributed by atoms with Crippen LogP contribution >= 0.6 is 0 Å². The molecule has 0 aromatic heterocycles. The standard InChI is InChI=1S/C24H16O2/c1-3-9-17(10-4-1)23-24(18-11-5-2-6-12-18)26-22-16-20-14-8-7-13-19(20)15-21(22)25-23/h1-16H. The van der Waals surface area contributed by atoms with Gasteiger partial charge < -0.3 is 9.47 Å². The molecule has 0 spiro atoms. The van der Waals surface area contributed by atoms with Crippen LogP contribution in [-0.4, -0.2) is 0 Å². The molecule has 0 N–H and O–H groups in total. The van der Waals surface area contributed by atoms with E-state index >= 15 is 0 Å². The van der Waals surface area contributed by atoms with Gasteiger partial charge >= 0.3 is 0 Å². The van der Waals surface area contributed by atoms with Gasteiger partial charge in [-0.05, 0) is 22.9 Å². The molecule has 1 aliphatic heterocycles. The van der Waals surface area contributed by atoms with Crippen molar-refractivity contribution < 1.29 is 9.47 Å². The van der Waals surface area contributed by atoms with E-state index in [0.29, 0.717) is 0 Å². The fraction of sp³-hybridized carbons (Fsp3) is 0. The van der Waals surface area contributed by atoms with Crippen LogP contribution in [0.15, 0.2) is 97.1 Å². The molecular formula is C24H16O2. The molecule has 0 aliphatic carbocycles. The third-order valence-corrected chi connectivity index (χ3v) is 4.51. The molecule has 0 amide bonds. The van der Waals surface area contributed by atoms with Crippen LogP contribution in [0, 0.1) is 0 Å². The van der Waals surface area contributed by atoms with Crippen LogP contribution in [0.2, 0.25) is 0 Å². The molecule has 124 valence electrons. The van der Waals surface area contributed by atoms with Crippen molar-refractivity contribution in [2.45, 2.75) is 0 Å². The number of hydrogen-bond acceptors (Lipinski definition) is 2. The average molecular weight is 336 g/mol. The van der Waals surface area contributed by atoms with Crippen molar-refractivity contribution in [3.8, 4) is 11.5 Å². The Morgan fingerprint density at radius 1 is 0.423 bits per heavy atom. The summed E-state index contributed by atoms with van der Waals surface area (Å²) in [4.78, 5) is 0. The molecule has 2 nitrogen and oxygen atoms in total. The second-order valence-electron chi connectivity index (χ2n) is 6.24. The fourth-order valence-corrected chi connectivity index (χ4v) is 3.23. The van der Waals surface area contributed by atoms with Gasteiger partial charge in [0.25, 0.3) is 0 Å². The Bertz CT molecular complexity index is 1020. The molecule has 0 fully saturated rings. The van der Waals surface area contributed by atoms with Crippen molar-refractivity contribution in [3.05, 3.63) is 108 Å². The van der Waals surface area contributed by atoms with E-state index in [0.717, 1.165) is 44.9 Å². The third-order valence-electron chi connectivity index (χ3n) is 4.51. The monoisotopic (exact) mass is 336 g/mol. The summed E-state index contributed by atoms with van der Waals surface area (Å²) in [5, 5.41) is 2.26. The van der Waals surface area contributed by atoms with E-state index in [2.05, 4.69) is 12.1 Å². The molecule has 5 rings (SSSR count). The van der Waals surface area contributed by atoms with Crippen LogP contribution in [0.1, 0.15) is 11.1 Å². The molecule has 2 heteroatoms. The Balaban J connectivity index is 1.71. The summed E-state index contributed by atoms with van der Waals surface area (Å²) >= 11 is 0. The first-order valence-corrected chi connectivity index (χ1v) is 8.62. The van der Waals surface area contributed by atoms with Crippen molar-refractivity contribution in [1.82, 2.24) is 0 Å². The van der Waals surface area contributed by atoms with Crippen LogP contribution in [0.25, 0.3) is 22.3 Å². The van der Waals surface area contributed by atoms with Gasteiger partial charge in [-0.15, -0.1) is 0 Å². The van der Waals surface area contributed by atoms with Gasteiger partial charge in [0.15, 0.2) is 23.0 Å². The molecule has 0 saturated carbocycles. The highest BCUT2D eigenvalue weighted by atomic mass is 16.6. The summed E-state index contributed by atoms with van der Waals surface area (Å²) in [6, 6.07) is 32.4. The van der Waals surface area contributed by atoms with Gasteiger partial charge in [0.1, 0.15) is 0 Å². The van der Waals surface area contributed by atoms with Crippen LogP contribution in [-0.2, 0) is 0 Å². The van der Waals surface area contributed by atoms with Crippen molar-refractivity contribution in [3.63, 3.8) is 0 Å². The third kappa shape index (κ3) is 2.52. The normalized spacial score (nSPS) is 13.1. The highest BCUT2D eigenvalue weighted by Gasteiger charge is 2.24. The van der Waals surface area contributed by atoms with Crippen LogP contribution < -0.4 is 9.47 Å². The number of rotatable bonds is 2. The van der Waals surface area contributed by atoms with E-state index in [4.69, 9.17) is 9.47 Å². The Morgan fingerprint density at radius 2 is 0.808 bits per heavy atom. The Hall–Kier alpha value is -3.52. The largest absolute Gasteiger partial charge is 0.449 e. The second kappa shape index (κ2) is 6.08. The maximum atomic E-state index is 6.35. The smallest absolute Gasteiger partial charge is 0.177 e. The van der Waals surface area contributed by atoms with E-state index in [1.54, 1.807) is 0 Å². The SMILES string of the molecule is c1ccc(C2=C(c3ccccc3)Oc3cc4ccccc4cc3O2)cc1. The van der Waals surface area contributed by atoms with E-state index in [-0.39, 0.29) is 0 Å². The van der Waals surface area contributed by atoms with Crippen LogP contribution in [0.5, 0.6) is 11.5 Å². The van der Waals surface area contributed by atoms with Gasteiger partial charge in [-0.25, -0.2) is 0 Å². The predicted octanol–water partition coefficient (Wildman–Crippen LogP) is 6.14. The minimum Gasteiger partial charge on any atom is -0.449 e. The summed E-state index contributed by atoms with van der Waals surface area (Å²) in [5.41, 5.74) is 1.98. The van der Waals surface area contributed by atoms with Gasteiger partial charge in [0, 0.05) is 11.1 Å². The first-order chi connectivity index (χ1) is 12.9. The maximum absolute atomic E-state index is 6.35. The van der Waals surface area contributed by atoms with Crippen LogP contribution in [0.3, 0.4) is 0 Å². The van der Waals surface area contributed by atoms with Gasteiger partial charge in [0.2, 0.25) is 0 Å². The molecule has 1 aliphatic rings. The Morgan fingerprint density at radius 3 is 1.23 bits per heavy atom. The molecule has 0 radical (unpaired) electrons. The lowest BCUT2D eigenvalue weighted by Gasteiger charge is -2.24. The second-order valence-corrected chi connectivity index (χ2v) is 6.24. The molecule has 0 unspecified atom stereocenters.